The molecule has 4 nitrogen and oxygen atoms in total. The standard InChI is InChI=1S/C13H27N3O/c1-6-14-12-7-8-16(9-10(12)2)11(3)13(17)15(4)5/h10-12,14H,6-9H2,1-5H3. The lowest BCUT2D eigenvalue weighted by atomic mass is 9.92. The van der Waals surface area contributed by atoms with Crippen LogP contribution in [0.15, 0.2) is 0 Å². The summed E-state index contributed by atoms with van der Waals surface area (Å²) in [5.74, 6) is 0.820. The number of likely N-dealkylation sites (tertiary alicyclic amines) is 1. The fraction of sp³-hybridized carbons (Fsp3) is 0.923. The van der Waals surface area contributed by atoms with E-state index in [9.17, 15) is 4.79 Å². The largest absolute Gasteiger partial charge is 0.347 e. The highest BCUT2D eigenvalue weighted by Gasteiger charge is 2.30. The molecule has 3 unspecified atom stereocenters. The predicted octanol–water partition coefficient (Wildman–Crippen LogP) is 0.783. The summed E-state index contributed by atoms with van der Waals surface area (Å²) in [4.78, 5) is 15.9. The van der Waals surface area contributed by atoms with Crippen molar-refractivity contribution in [2.45, 2.75) is 39.3 Å². The second-order valence-electron chi connectivity index (χ2n) is 5.33. The van der Waals surface area contributed by atoms with Gasteiger partial charge in [0.25, 0.3) is 0 Å². The van der Waals surface area contributed by atoms with E-state index < -0.39 is 0 Å². The number of nitrogens with one attached hydrogen (secondary N) is 1. The van der Waals surface area contributed by atoms with Crippen LogP contribution in [-0.2, 0) is 4.79 Å². The molecule has 1 fully saturated rings. The van der Waals surface area contributed by atoms with Crippen LogP contribution in [0.5, 0.6) is 0 Å². The van der Waals surface area contributed by atoms with Crippen molar-refractivity contribution in [3.8, 4) is 0 Å². The highest BCUT2D eigenvalue weighted by atomic mass is 16.2. The Morgan fingerprint density at radius 3 is 2.65 bits per heavy atom. The quantitative estimate of drug-likeness (QED) is 0.790. The third kappa shape index (κ3) is 3.68. The van der Waals surface area contributed by atoms with E-state index in [1.807, 2.05) is 21.0 Å². The van der Waals surface area contributed by atoms with Crippen molar-refractivity contribution < 1.29 is 4.79 Å². The Morgan fingerprint density at radius 1 is 1.53 bits per heavy atom. The monoisotopic (exact) mass is 241 g/mol. The molecule has 0 radical (unpaired) electrons. The average Bonchev–Trinajstić information content (AvgIpc) is 2.30. The number of likely N-dealkylation sites (N-methyl/N-ethyl adjacent to an activating group) is 1. The molecular formula is C13H27N3O. The van der Waals surface area contributed by atoms with Crippen molar-refractivity contribution >= 4 is 5.91 Å². The maximum Gasteiger partial charge on any atom is 0.239 e. The zero-order valence-electron chi connectivity index (χ0n) is 11.9. The topological polar surface area (TPSA) is 35.6 Å². The summed E-state index contributed by atoms with van der Waals surface area (Å²) < 4.78 is 0. The van der Waals surface area contributed by atoms with Crippen molar-refractivity contribution in [3.63, 3.8) is 0 Å². The van der Waals surface area contributed by atoms with E-state index in [-0.39, 0.29) is 11.9 Å². The van der Waals surface area contributed by atoms with Crippen molar-refractivity contribution in [3.05, 3.63) is 0 Å². The van der Waals surface area contributed by atoms with Gasteiger partial charge in [0.2, 0.25) is 5.91 Å². The Labute approximate surface area is 105 Å². The summed E-state index contributed by atoms with van der Waals surface area (Å²) in [7, 11) is 3.65. The van der Waals surface area contributed by atoms with Crippen LogP contribution in [0.3, 0.4) is 0 Å². The summed E-state index contributed by atoms with van der Waals surface area (Å²) in [5.41, 5.74) is 0. The Bertz CT molecular complexity index is 255. The van der Waals surface area contributed by atoms with Gasteiger partial charge in [-0.3, -0.25) is 9.69 Å². The molecule has 3 atom stereocenters. The molecule has 0 aromatic rings. The molecule has 0 aliphatic carbocycles. The molecule has 1 heterocycles. The van der Waals surface area contributed by atoms with E-state index in [2.05, 4.69) is 24.1 Å². The van der Waals surface area contributed by atoms with Crippen molar-refractivity contribution in [1.82, 2.24) is 15.1 Å². The molecule has 0 aromatic heterocycles. The number of carbonyl (C=O) groups excluding carboxylic acids is 1. The molecule has 1 rings (SSSR count). The molecule has 0 saturated carbocycles. The highest BCUT2D eigenvalue weighted by Crippen LogP contribution is 2.19. The molecule has 4 heteroatoms. The van der Waals surface area contributed by atoms with Crippen LogP contribution in [0.1, 0.15) is 27.2 Å². The number of nitrogens with zero attached hydrogens (tertiary/aromatic N) is 2. The van der Waals surface area contributed by atoms with Crippen LogP contribution in [0.2, 0.25) is 0 Å². The molecular weight excluding hydrogens is 214 g/mol. The highest BCUT2D eigenvalue weighted by molar-refractivity contribution is 5.80. The van der Waals surface area contributed by atoms with Crippen LogP contribution in [-0.4, -0.2) is 61.5 Å². The first kappa shape index (κ1) is 14.5. The zero-order chi connectivity index (χ0) is 13.0. The first-order valence-corrected chi connectivity index (χ1v) is 6.66. The fourth-order valence-corrected chi connectivity index (χ4v) is 2.62. The van der Waals surface area contributed by atoms with E-state index in [1.54, 1.807) is 4.90 Å². The molecule has 0 aromatic carbocycles. The average molecular weight is 241 g/mol. The van der Waals surface area contributed by atoms with Crippen molar-refractivity contribution in [2.24, 2.45) is 5.92 Å². The van der Waals surface area contributed by atoms with Crippen molar-refractivity contribution in [1.29, 1.82) is 0 Å². The van der Waals surface area contributed by atoms with E-state index in [1.165, 1.54) is 0 Å². The lowest BCUT2D eigenvalue weighted by molar-refractivity contribution is -0.134. The summed E-state index contributed by atoms with van der Waals surface area (Å²) >= 11 is 0. The minimum atomic E-state index is 0.00928. The van der Waals surface area contributed by atoms with Gasteiger partial charge in [0.1, 0.15) is 0 Å². The number of hydrogen-bond acceptors (Lipinski definition) is 3. The van der Waals surface area contributed by atoms with Crippen LogP contribution >= 0.6 is 0 Å². The first-order chi connectivity index (χ1) is 7.97. The maximum absolute atomic E-state index is 11.9. The molecule has 1 aliphatic rings. The van der Waals surface area contributed by atoms with Gasteiger partial charge in [-0.05, 0) is 25.8 Å². The molecule has 0 spiro atoms. The maximum atomic E-state index is 11.9. The third-order valence-corrected chi connectivity index (χ3v) is 3.75. The van der Waals surface area contributed by atoms with Crippen molar-refractivity contribution in [2.75, 3.05) is 33.7 Å². The van der Waals surface area contributed by atoms with Gasteiger partial charge < -0.3 is 10.2 Å². The fourth-order valence-electron chi connectivity index (χ4n) is 2.62. The van der Waals surface area contributed by atoms with Crippen LogP contribution in [0, 0.1) is 5.92 Å². The Kier molecular flexibility index (Phi) is 5.40. The lowest BCUT2D eigenvalue weighted by Gasteiger charge is -2.40. The summed E-state index contributed by atoms with van der Waals surface area (Å²) in [6.45, 7) is 9.49. The minimum Gasteiger partial charge on any atom is -0.347 e. The molecule has 1 amide bonds. The van der Waals surface area contributed by atoms with Gasteiger partial charge in [-0.1, -0.05) is 13.8 Å². The van der Waals surface area contributed by atoms with Gasteiger partial charge in [0.05, 0.1) is 6.04 Å². The number of carbonyl (C=O) groups is 1. The van der Waals surface area contributed by atoms with Gasteiger partial charge in [0, 0.05) is 33.2 Å². The van der Waals surface area contributed by atoms with E-state index in [0.29, 0.717) is 12.0 Å². The van der Waals surface area contributed by atoms with Crippen LogP contribution in [0.25, 0.3) is 0 Å². The third-order valence-electron chi connectivity index (χ3n) is 3.75. The molecule has 1 aliphatic heterocycles. The van der Waals surface area contributed by atoms with Crippen LogP contribution in [0.4, 0.5) is 0 Å². The van der Waals surface area contributed by atoms with Gasteiger partial charge in [-0.2, -0.15) is 0 Å². The second kappa shape index (κ2) is 6.36. The Morgan fingerprint density at radius 2 is 2.18 bits per heavy atom. The summed E-state index contributed by atoms with van der Waals surface area (Å²) in [6, 6.07) is 0.618. The molecule has 17 heavy (non-hydrogen) atoms. The number of rotatable bonds is 4. The minimum absolute atomic E-state index is 0.00928. The molecule has 1 N–H and O–H groups in total. The molecule has 100 valence electrons. The van der Waals surface area contributed by atoms with Gasteiger partial charge in [-0.15, -0.1) is 0 Å². The number of piperidine rings is 1. The first-order valence-electron chi connectivity index (χ1n) is 6.66. The molecule has 0 bridgehead atoms. The number of hydrogen-bond donors (Lipinski definition) is 1. The van der Waals surface area contributed by atoms with Gasteiger partial charge >= 0.3 is 0 Å². The van der Waals surface area contributed by atoms with E-state index >= 15 is 0 Å². The SMILES string of the molecule is CCNC1CCN(C(C)C(=O)N(C)C)CC1C. The predicted molar refractivity (Wildman–Crippen MR) is 71.0 cm³/mol. The number of amides is 1. The zero-order valence-corrected chi connectivity index (χ0v) is 11.9. The summed E-state index contributed by atoms with van der Waals surface area (Å²) in [5, 5.41) is 3.52. The second-order valence-corrected chi connectivity index (χ2v) is 5.33. The van der Waals surface area contributed by atoms with E-state index in [0.717, 1.165) is 26.1 Å². The lowest BCUT2D eigenvalue weighted by Crippen LogP contribution is -2.54. The van der Waals surface area contributed by atoms with Crippen LogP contribution < -0.4 is 5.32 Å². The van der Waals surface area contributed by atoms with E-state index in [4.69, 9.17) is 0 Å². The Hall–Kier alpha value is -0.610. The summed E-state index contributed by atoms with van der Waals surface area (Å²) in [6.07, 6.45) is 1.14. The normalized spacial score (nSPS) is 27.8. The molecule has 1 saturated heterocycles. The van der Waals surface area contributed by atoms with Gasteiger partial charge in [0.15, 0.2) is 0 Å². The van der Waals surface area contributed by atoms with Gasteiger partial charge in [-0.25, -0.2) is 0 Å². The smallest absolute Gasteiger partial charge is 0.239 e. The Balaban J connectivity index is 2.51.